The molecule has 2 aromatic rings. The molecule has 1 heterocycles. The number of halogens is 2. The lowest BCUT2D eigenvalue weighted by atomic mass is 10.0. The first kappa shape index (κ1) is 12.9. The van der Waals surface area contributed by atoms with Gasteiger partial charge in [-0.1, -0.05) is 35.3 Å². The average molecular weight is 282 g/mol. The highest BCUT2D eigenvalue weighted by atomic mass is 35.5. The second-order valence-corrected chi connectivity index (χ2v) is 4.60. The predicted octanol–water partition coefficient (Wildman–Crippen LogP) is 4.06. The Bertz CT molecular complexity index is 626. The Kier molecular flexibility index (Phi) is 3.55. The first-order valence-corrected chi connectivity index (χ1v) is 5.90. The van der Waals surface area contributed by atoms with E-state index < -0.39 is 5.97 Å². The molecule has 0 radical (unpaired) electrons. The van der Waals surface area contributed by atoms with E-state index in [1.54, 1.807) is 6.07 Å². The quantitative estimate of drug-likeness (QED) is 0.845. The fourth-order valence-electron chi connectivity index (χ4n) is 1.53. The van der Waals surface area contributed by atoms with Crippen LogP contribution in [-0.2, 0) is 0 Å². The van der Waals surface area contributed by atoms with Crippen LogP contribution in [0.15, 0.2) is 30.5 Å². The van der Waals surface area contributed by atoms with Crippen LogP contribution in [0.5, 0.6) is 0 Å². The van der Waals surface area contributed by atoms with Crippen molar-refractivity contribution in [3.05, 3.63) is 51.8 Å². The third-order valence-corrected chi connectivity index (χ3v) is 3.28. The van der Waals surface area contributed by atoms with E-state index in [1.165, 1.54) is 12.3 Å². The van der Waals surface area contributed by atoms with Gasteiger partial charge in [0.1, 0.15) is 5.15 Å². The average Bonchev–Trinajstić information content (AvgIpc) is 2.33. The molecular weight excluding hydrogens is 273 g/mol. The number of hydrogen-bond donors (Lipinski definition) is 1. The Balaban J connectivity index is 2.58. The zero-order valence-corrected chi connectivity index (χ0v) is 11.0. The highest BCUT2D eigenvalue weighted by Crippen LogP contribution is 2.30. The van der Waals surface area contributed by atoms with Crippen LogP contribution in [-0.4, -0.2) is 16.1 Å². The van der Waals surface area contributed by atoms with Crippen molar-refractivity contribution >= 4 is 29.2 Å². The second-order valence-electron chi connectivity index (χ2n) is 3.83. The van der Waals surface area contributed by atoms with Gasteiger partial charge in [0.25, 0.3) is 0 Å². The van der Waals surface area contributed by atoms with Crippen molar-refractivity contribution in [3.8, 4) is 11.1 Å². The number of benzene rings is 1. The van der Waals surface area contributed by atoms with Crippen molar-refractivity contribution in [1.82, 2.24) is 4.98 Å². The fourth-order valence-corrected chi connectivity index (χ4v) is 1.92. The number of aromatic carboxylic acids is 1. The minimum atomic E-state index is -1.04. The number of pyridine rings is 1. The number of carboxylic acid groups (broad SMARTS) is 1. The van der Waals surface area contributed by atoms with Gasteiger partial charge in [0.05, 0.1) is 5.56 Å². The van der Waals surface area contributed by atoms with E-state index in [0.29, 0.717) is 10.6 Å². The minimum Gasteiger partial charge on any atom is -0.478 e. The van der Waals surface area contributed by atoms with E-state index in [9.17, 15) is 4.79 Å². The van der Waals surface area contributed by atoms with Gasteiger partial charge in [-0.25, -0.2) is 9.78 Å². The number of carbonyl (C=O) groups is 1. The number of hydrogen-bond acceptors (Lipinski definition) is 2. The molecule has 0 amide bonds. The number of rotatable bonds is 2. The number of carboxylic acids is 1. The number of aryl methyl sites for hydroxylation is 1. The van der Waals surface area contributed by atoms with Crippen molar-refractivity contribution in [3.63, 3.8) is 0 Å². The maximum atomic E-state index is 10.9. The van der Waals surface area contributed by atoms with E-state index in [2.05, 4.69) is 4.98 Å². The van der Waals surface area contributed by atoms with Crippen LogP contribution in [0.1, 0.15) is 15.9 Å². The van der Waals surface area contributed by atoms with Gasteiger partial charge in [0.2, 0.25) is 0 Å². The molecule has 0 aliphatic carbocycles. The summed E-state index contributed by atoms with van der Waals surface area (Å²) in [6.07, 6.45) is 1.23. The standard InChI is InChI=1S/C13H9Cl2NO2/c1-7-2-3-8(5-11(7)14)10-4-9(13(17)18)6-16-12(10)15/h2-6H,1H3,(H,17,18). The Morgan fingerprint density at radius 1 is 1.28 bits per heavy atom. The normalized spacial score (nSPS) is 10.4. The Morgan fingerprint density at radius 2 is 2.00 bits per heavy atom. The molecule has 92 valence electrons. The summed E-state index contributed by atoms with van der Waals surface area (Å²) in [5.41, 5.74) is 2.33. The molecule has 0 aliphatic heterocycles. The summed E-state index contributed by atoms with van der Waals surface area (Å²) in [5, 5.41) is 9.79. The van der Waals surface area contributed by atoms with Crippen LogP contribution in [0.2, 0.25) is 10.2 Å². The molecule has 0 fully saturated rings. The predicted molar refractivity (Wildman–Crippen MR) is 71.4 cm³/mol. The summed E-state index contributed by atoms with van der Waals surface area (Å²) in [4.78, 5) is 14.8. The molecule has 5 heteroatoms. The van der Waals surface area contributed by atoms with Gasteiger partial charge in [0.15, 0.2) is 0 Å². The first-order chi connectivity index (χ1) is 8.49. The molecule has 2 rings (SSSR count). The van der Waals surface area contributed by atoms with Gasteiger partial charge >= 0.3 is 5.97 Å². The molecule has 0 aliphatic rings. The molecule has 3 nitrogen and oxygen atoms in total. The molecule has 0 unspecified atom stereocenters. The smallest absolute Gasteiger partial charge is 0.337 e. The first-order valence-electron chi connectivity index (χ1n) is 5.14. The van der Waals surface area contributed by atoms with Crippen molar-refractivity contribution < 1.29 is 9.90 Å². The van der Waals surface area contributed by atoms with E-state index in [4.69, 9.17) is 28.3 Å². The molecule has 0 atom stereocenters. The zero-order chi connectivity index (χ0) is 13.3. The van der Waals surface area contributed by atoms with Gasteiger partial charge < -0.3 is 5.11 Å². The minimum absolute atomic E-state index is 0.0890. The van der Waals surface area contributed by atoms with Crippen LogP contribution >= 0.6 is 23.2 Å². The molecule has 0 saturated heterocycles. The van der Waals surface area contributed by atoms with Crippen molar-refractivity contribution in [2.45, 2.75) is 6.92 Å². The fraction of sp³-hybridized carbons (Fsp3) is 0.0769. The molecule has 1 N–H and O–H groups in total. The molecular formula is C13H9Cl2NO2. The Hall–Kier alpha value is -1.58. The monoisotopic (exact) mass is 281 g/mol. The van der Waals surface area contributed by atoms with Gasteiger partial charge in [0, 0.05) is 16.8 Å². The van der Waals surface area contributed by atoms with E-state index >= 15 is 0 Å². The van der Waals surface area contributed by atoms with Gasteiger partial charge in [-0.05, 0) is 30.2 Å². The largest absolute Gasteiger partial charge is 0.478 e. The van der Waals surface area contributed by atoms with Gasteiger partial charge in [-0.3, -0.25) is 0 Å². The Labute approximate surface area is 114 Å². The SMILES string of the molecule is Cc1ccc(-c2cc(C(=O)O)cnc2Cl)cc1Cl. The second kappa shape index (κ2) is 4.96. The third kappa shape index (κ3) is 2.47. The highest BCUT2D eigenvalue weighted by molar-refractivity contribution is 6.33. The maximum absolute atomic E-state index is 10.9. The lowest BCUT2D eigenvalue weighted by Gasteiger charge is -2.07. The van der Waals surface area contributed by atoms with E-state index in [0.717, 1.165) is 11.1 Å². The lowest BCUT2D eigenvalue weighted by molar-refractivity contribution is 0.0696. The third-order valence-electron chi connectivity index (χ3n) is 2.57. The van der Waals surface area contributed by atoms with E-state index in [1.807, 2.05) is 19.1 Å². The van der Waals surface area contributed by atoms with E-state index in [-0.39, 0.29) is 10.7 Å². The molecule has 0 saturated carbocycles. The molecule has 0 spiro atoms. The van der Waals surface area contributed by atoms with Crippen LogP contribution in [0.4, 0.5) is 0 Å². The van der Waals surface area contributed by atoms with Gasteiger partial charge in [-0.2, -0.15) is 0 Å². The van der Waals surface area contributed by atoms with Gasteiger partial charge in [-0.15, -0.1) is 0 Å². The van der Waals surface area contributed by atoms with Crippen molar-refractivity contribution in [2.75, 3.05) is 0 Å². The van der Waals surface area contributed by atoms with Crippen molar-refractivity contribution in [1.29, 1.82) is 0 Å². The zero-order valence-electron chi connectivity index (χ0n) is 9.45. The molecule has 1 aromatic carbocycles. The Morgan fingerprint density at radius 3 is 2.61 bits per heavy atom. The number of aromatic nitrogens is 1. The summed E-state index contributed by atoms with van der Waals surface area (Å²) < 4.78 is 0. The van der Waals surface area contributed by atoms with Crippen LogP contribution < -0.4 is 0 Å². The summed E-state index contributed by atoms with van der Waals surface area (Å²) in [5.74, 6) is -1.04. The maximum Gasteiger partial charge on any atom is 0.337 e. The topological polar surface area (TPSA) is 50.2 Å². The highest BCUT2D eigenvalue weighted by Gasteiger charge is 2.11. The summed E-state index contributed by atoms with van der Waals surface area (Å²) in [6.45, 7) is 1.89. The molecule has 0 bridgehead atoms. The summed E-state index contributed by atoms with van der Waals surface area (Å²) >= 11 is 12.0. The van der Waals surface area contributed by atoms with Crippen molar-refractivity contribution in [2.24, 2.45) is 0 Å². The molecule has 18 heavy (non-hydrogen) atoms. The number of nitrogens with zero attached hydrogens (tertiary/aromatic N) is 1. The van der Waals surface area contributed by atoms with Crippen LogP contribution in [0.3, 0.4) is 0 Å². The molecule has 1 aromatic heterocycles. The lowest BCUT2D eigenvalue weighted by Crippen LogP contribution is -1.98. The summed E-state index contributed by atoms with van der Waals surface area (Å²) in [6, 6.07) is 6.90. The van der Waals surface area contributed by atoms with Crippen LogP contribution in [0.25, 0.3) is 11.1 Å². The summed E-state index contributed by atoms with van der Waals surface area (Å²) in [7, 11) is 0. The van der Waals surface area contributed by atoms with Crippen LogP contribution in [0, 0.1) is 6.92 Å².